The smallest absolute Gasteiger partial charge is 0.251 e. The van der Waals surface area contributed by atoms with Crippen LogP contribution in [0.2, 0.25) is 0 Å². The Morgan fingerprint density at radius 2 is 2.21 bits per heavy atom. The van der Waals surface area contributed by atoms with Gasteiger partial charge in [0.2, 0.25) is 5.95 Å². The van der Waals surface area contributed by atoms with Crippen LogP contribution in [0.3, 0.4) is 0 Å². The molecule has 1 saturated heterocycles. The van der Waals surface area contributed by atoms with Gasteiger partial charge >= 0.3 is 0 Å². The number of nitrogens with zero attached hydrogens (tertiary/aromatic N) is 5. The van der Waals surface area contributed by atoms with Gasteiger partial charge in [-0.1, -0.05) is 0 Å². The number of anilines is 1. The first-order valence-corrected chi connectivity index (χ1v) is 9.53. The van der Waals surface area contributed by atoms with E-state index < -0.39 is 5.82 Å². The highest BCUT2D eigenvalue weighted by molar-refractivity contribution is 5.93. The first-order chi connectivity index (χ1) is 14.0. The van der Waals surface area contributed by atoms with Crippen molar-refractivity contribution in [2.45, 2.75) is 31.8 Å². The summed E-state index contributed by atoms with van der Waals surface area (Å²) in [7, 11) is 3.18. The molecule has 0 saturated carbocycles. The summed E-state index contributed by atoms with van der Waals surface area (Å²) in [5.41, 5.74) is 6.95. The maximum atomic E-state index is 14.1. The molecule has 1 atom stereocenters. The molecule has 1 amide bonds. The van der Waals surface area contributed by atoms with Crippen molar-refractivity contribution < 1.29 is 18.7 Å². The Labute approximate surface area is 166 Å². The Morgan fingerprint density at radius 1 is 1.41 bits per heavy atom. The lowest BCUT2D eigenvalue weighted by Crippen LogP contribution is -2.44. The van der Waals surface area contributed by atoms with E-state index in [1.165, 1.54) is 23.8 Å². The average Bonchev–Trinajstić information content (AvgIpc) is 3.09. The zero-order valence-electron chi connectivity index (χ0n) is 16.4. The number of hydrogen-bond donors (Lipinski definition) is 1. The molecule has 3 aromatic rings. The zero-order valence-corrected chi connectivity index (χ0v) is 16.4. The van der Waals surface area contributed by atoms with Gasteiger partial charge in [0.15, 0.2) is 23.0 Å². The second-order valence-corrected chi connectivity index (χ2v) is 7.10. The minimum atomic E-state index is -0.499. The number of benzene rings is 1. The number of fused-ring (bicyclic) bond motifs is 3. The molecule has 154 valence electrons. The molecule has 0 aliphatic carbocycles. The van der Waals surface area contributed by atoms with Crippen molar-refractivity contribution in [3.8, 4) is 5.75 Å². The molecule has 0 radical (unpaired) electrons. The van der Waals surface area contributed by atoms with E-state index >= 15 is 0 Å². The minimum Gasteiger partial charge on any atom is -0.494 e. The van der Waals surface area contributed by atoms with Crippen LogP contribution in [0.15, 0.2) is 12.1 Å². The number of amides is 1. The first-order valence-electron chi connectivity index (χ1n) is 9.53. The molecule has 9 nitrogen and oxygen atoms in total. The summed E-state index contributed by atoms with van der Waals surface area (Å²) in [5, 5.41) is 4.92. The SMILES string of the molecule is COc1cc2nc(N)n3nc(CCCCN(C)C(=O)C4CCO4)nc3c2cc1F. The van der Waals surface area contributed by atoms with Crippen molar-refractivity contribution in [1.82, 2.24) is 24.5 Å². The molecule has 2 N–H and O–H groups in total. The summed E-state index contributed by atoms with van der Waals surface area (Å²) in [5.74, 6) is 0.398. The number of ether oxygens (including phenoxy) is 2. The largest absolute Gasteiger partial charge is 0.494 e. The summed E-state index contributed by atoms with van der Waals surface area (Å²) in [6.45, 7) is 1.30. The lowest BCUT2D eigenvalue weighted by Gasteiger charge is -2.29. The minimum absolute atomic E-state index is 0.0323. The first kappa shape index (κ1) is 19.3. The number of likely N-dealkylation sites (N-methyl/N-ethyl adjacent to an activating group) is 1. The molecule has 0 bridgehead atoms. The van der Waals surface area contributed by atoms with Crippen LogP contribution in [0.25, 0.3) is 16.6 Å². The van der Waals surface area contributed by atoms with Gasteiger partial charge in [-0.15, -0.1) is 5.10 Å². The molecule has 1 unspecified atom stereocenters. The Kier molecular flexibility index (Phi) is 5.18. The van der Waals surface area contributed by atoms with Crippen LogP contribution in [0.4, 0.5) is 10.3 Å². The van der Waals surface area contributed by atoms with E-state index in [0.717, 1.165) is 19.3 Å². The predicted octanol–water partition coefficient (Wildman–Crippen LogP) is 1.58. The van der Waals surface area contributed by atoms with Crippen molar-refractivity contribution >= 4 is 28.4 Å². The summed E-state index contributed by atoms with van der Waals surface area (Å²) in [4.78, 5) is 22.6. The number of nitrogens with two attached hydrogens (primary N) is 1. The monoisotopic (exact) mass is 402 g/mol. The molecular weight excluding hydrogens is 379 g/mol. The van der Waals surface area contributed by atoms with E-state index in [9.17, 15) is 9.18 Å². The molecule has 1 aliphatic rings. The third kappa shape index (κ3) is 3.67. The molecule has 4 rings (SSSR count). The average molecular weight is 402 g/mol. The Balaban J connectivity index is 1.45. The van der Waals surface area contributed by atoms with Gasteiger partial charge in [-0.25, -0.2) is 14.4 Å². The molecular formula is C19H23FN6O3. The third-order valence-corrected chi connectivity index (χ3v) is 5.11. The van der Waals surface area contributed by atoms with Gasteiger partial charge in [0.1, 0.15) is 6.10 Å². The summed E-state index contributed by atoms with van der Waals surface area (Å²) in [6, 6.07) is 2.82. The molecule has 1 aromatic carbocycles. The number of aryl methyl sites for hydroxylation is 1. The summed E-state index contributed by atoms with van der Waals surface area (Å²) in [6.07, 6.45) is 2.74. The van der Waals surface area contributed by atoms with Crippen LogP contribution in [-0.2, 0) is 16.0 Å². The van der Waals surface area contributed by atoms with Gasteiger partial charge in [0.05, 0.1) is 19.2 Å². The third-order valence-electron chi connectivity index (χ3n) is 5.11. The van der Waals surface area contributed by atoms with Gasteiger partial charge in [0.25, 0.3) is 5.91 Å². The van der Waals surface area contributed by atoms with E-state index in [4.69, 9.17) is 15.2 Å². The van der Waals surface area contributed by atoms with E-state index in [2.05, 4.69) is 15.1 Å². The Hall–Kier alpha value is -3.01. The van der Waals surface area contributed by atoms with Gasteiger partial charge in [-0.2, -0.15) is 4.52 Å². The molecule has 29 heavy (non-hydrogen) atoms. The van der Waals surface area contributed by atoms with Crippen LogP contribution >= 0.6 is 0 Å². The van der Waals surface area contributed by atoms with Gasteiger partial charge in [0, 0.05) is 37.9 Å². The number of hydrogen-bond acceptors (Lipinski definition) is 7. The number of rotatable bonds is 7. The second-order valence-electron chi connectivity index (χ2n) is 7.10. The van der Waals surface area contributed by atoms with Crippen molar-refractivity contribution in [3.63, 3.8) is 0 Å². The molecule has 10 heteroatoms. The number of aromatic nitrogens is 4. The molecule has 3 heterocycles. The number of unbranched alkanes of at least 4 members (excludes halogenated alkanes) is 1. The maximum absolute atomic E-state index is 14.1. The highest BCUT2D eigenvalue weighted by Crippen LogP contribution is 2.27. The van der Waals surface area contributed by atoms with Crippen LogP contribution in [-0.4, -0.2) is 63.8 Å². The highest BCUT2D eigenvalue weighted by atomic mass is 19.1. The van der Waals surface area contributed by atoms with Crippen LogP contribution in [0.5, 0.6) is 5.75 Å². The summed E-state index contributed by atoms with van der Waals surface area (Å²) < 4.78 is 25.8. The fourth-order valence-electron chi connectivity index (χ4n) is 3.35. The topological polar surface area (TPSA) is 108 Å². The van der Waals surface area contributed by atoms with Crippen molar-refractivity contribution in [3.05, 3.63) is 23.8 Å². The van der Waals surface area contributed by atoms with Crippen molar-refractivity contribution in [2.24, 2.45) is 0 Å². The molecule has 0 spiro atoms. The molecule has 2 aromatic heterocycles. The van der Waals surface area contributed by atoms with E-state index in [1.807, 2.05) is 0 Å². The normalized spacial score (nSPS) is 16.2. The van der Waals surface area contributed by atoms with Crippen molar-refractivity contribution in [2.75, 3.05) is 33.0 Å². The maximum Gasteiger partial charge on any atom is 0.251 e. The lowest BCUT2D eigenvalue weighted by atomic mass is 10.1. The second kappa shape index (κ2) is 7.78. The number of carbonyl (C=O) groups is 1. The standard InChI is InChI=1S/C19H23FN6O3/c1-25(18(27)14-6-8-29-14)7-4-3-5-16-23-17-11-9-12(20)15(28-2)10-13(11)22-19(21)26(17)24-16/h9-10,14H,3-8H2,1-2H3,(H2,21,22). The van der Waals surface area contributed by atoms with Gasteiger partial charge < -0.3 is 20.1 Å². The van der Waals surface area contributed by atoms with Crippen LogP contribution < -0.4 is 10.5 Å². The van der Waals surface area contributed by atoms with E-state index in [1.54, 1.807) is 11.9 Å². The summed E-state index contributed by atoms with van der Waals surface area (Å²) >= 11 is 0. The van der Waals surface area contributed by atoms with Crippen molar-refractivity contribution in [1.29, 1.82) is 0 Å². The fourth-order valence-corrected chi connectivity index (χ4v) is 3.35. The van der Waals surface area contributed by atoms with Gasteiger partial charge in [-0.05, 0) is 18.9 Å². The highest BCUT2D eigenvalue weighted by Gasteiger charge is 2.28. The van der Waals surface area contributed by atoms with E-state index in [-0.39, 0.29) is 23.7 Å². The van der Waals surface area contributed by atoms with Crippen LogP contribution in [0, 0.1) is 5.82 Å². The number of halogens is 1. The number of nitrogen functional groups attached to an aromatic ring is 1. The number of carbonyl (C=O) groups excluding carboxylic acids is 1. The van der Waals surface area contributed by atoms with Crippen LogP contribution in [0.1, 0.15) is 25.1 Å². The predicted molar refractivity (Wildman–Crippen MR) is 104 cm³/mol. The Bertz CT molecular complexity index is 1070. The molecule has 1 fully saturated rings. The Morgan fingerprint density at radius 3 is 2.90 bits per heavy atom. The van der Waals surface area contributed by atoms with E-state index in [0.29, 0.717) is 41.9 Å². The zero-order chi connectivity index (χ0) is 20.5. The lowest BCUT2D eigenvalue weighted by molar-refractivity contribution is -0.154. The quantitative estimate of drug-likeness (QED) is 0.598. The fraction of sp³-hybridized carbons (Fsp3) is 0.474. The molecule has 1 aliphatic heterocycles. The number of methoxy groups -OCH3 is 1. The van der Waals surface area contributed by atoms with Gasteiger partial charge in [-0.3, -0.25) is 4.79 Å².